The minimum Gasteiger partial charge on any atom is -0.381 e. The lowest BCUT2D eigenvalue weighted by Crippen LogP contribution is -2.06. The highest BCUT2D eigenvalue weighted by Crippen LogP contribution is 2.37. The summed E-state index contributed by atoms with van der Waals surface area (Å²) in [5.74, 6) is -0.193. The van der Waals surface area contributed by atoms with Crippen molar-refractivity contribution in [3.63, 3.8) is 0 Å². The monoisotopic (exact) mass is 297 g/mol. The minimum absolute atomic E-state index is 0.101. The number of nitro groups is 1. The molecule has 1 aromatic carbocycles. The van der Waals surface area contributed by atoms with Crippen LogP contribution >= 0.6 is 0 Å². The first-order chi connectivity index (χ1) is 9.75. The van der Waals surface area contributed by atoms with Crippen LogP contribution in [0.3, 0.4) is 0 Å². The summed E-state index contributed by atoms with van der Waals surface area (Å²) in [6, 6.07) is 3.66. The van der Waals surface area contributed by atoms with Gasteiger partial charge in [0.1, 0.15) is 11.6 Å². The van der Waals surface area contributed by atoms with Gasteiger partial charge < -0.3 is 5.73 Å². The highest BCUT2D eigenvalue weighted by molar-refractivity contribution is 5.78. The van der Waals surface area contributed by atoms with Crippen molar-refractivity contribution in [1.82, 2.24) is 10.2 Å². The van der Waals surface area contributed by atoms with Gasteiger partial charge in [0.2, 0.25) is 0 Å². The van der Waals surface area contributed by atoms with E-state index in [1.165, 1.54) is 0 Å². The van der Waals surface area contributed by atoms with E-state index in [1.807, 2.05) is 0 Å². The van der Waals surface area contributed by atoms with Crippen LogP contribution in [0.4, 0.5) is 24.7 Å². The number of benzene rings is 1. The molecule has 1 heterocycles. The molecular weight excluding hydrogens is 291 g/mol. The number of nitrogen functional groups attached to an aromatic ring is 1. The van der Waals surface area contributed by atoms with Gasteiger partial charge in [0.15, 0.2) is 5.82 Å². The van der Waals surface area contributed by atoms with Crippen molar-refractivity contribution in [2.45, 2.75) is 6.18 Å². The molecule has 0 bridgehead atoms. The number of hydrogen-bond acceptors (Lipinski definition) is 5. The van der Waals surface area contributed by atoms with Crippen LogP contribution in [0, 0.1) is 21.4 Å². The Morgan fingerprint density at radius 2 is 2.10 bits per heavy atom. The maximum Gasteiger partial charge on any atom is 0.416 e. The molecular formula is C11H6F3N5O2. The number of rotatable bonds is 2. The Bertz CT molecular complexity index is 760. The fraction of sp³-hybridized carbons (Fsp3) is 0.0909. The molecule has 10 heteroatoms. The van der Waals surface area contributed by atoms with Crippen LogP contribution < -0.4 is 5.73 Å². The Morgan fingerprint density at radius 1 is 1.43 bits per heavy atom. The van der Waals surface area contributed by atoms with Gasteiger partial charge in [-0.25, -0.2) is 0 Å². The molecule has 0 aliphatic rings. The first-order valence-corrected chi connectivity index (χ1v) is 5.35. The normalized spacial score (nSPS) is 11.1. The number of hydrogen-bond donors (Lipinski definition) is 2. The number of nitrogens with one attached hydrogen (secondary N) is 1. The summed E-state index contributed by atoms with van der Waals surface area (Å²) < 4.78 is 37.8. The first-order valence-electron chi connectivity index (χ1n) is 5.35. The average molecular weight is 297 g/mol. The van der Waals surface area contributed by atoms with E-state index < -0.39 is 22.4 Å². The summed E-state index contributed by atoms with van der Waals surface area (Å²) in [6.07, 6.45) is -4.71. The molecule has 0 fully saturated rings. The van der Waals surface area contributed by atoms with Gasteiger partial charge in [0.25, 0.3) is 5.69 Å². The van der Waals surface area contributed by atoms with E-state index in [-0.39, 0.29) is 22.6 Å². The molecule has 3 N–H and O–H groups in total. The van der Waals surface area contributed by atoms with Gasteiger partial charge in [-0.15, -0.1) is 0 Å². The van der Waals surface area contributed by atoms with Crippen molar-refractivity contribution in [2.24, 2.45) is 0 Å². The second kappa shape index (κ2) is 4.78. The van der Waals surface area contributed by atoms with Crippen LogP contribution in [0.1, 0.15) is 11.1 Å². The third-order valence-electron chi connectivity index (χ3n) is 2.70. The van der Waals surface area contributed by atoms with Crippen molar-refractivity contribution < 1.29 is 18.1 Å². The summed E-state index contributed by atoms with van der Waals surface area (Å²) >= 11 is 0. The van der Waals surface area contributed by atoms with E-state index in [1.54, 1.807) is 6.07 Å². The molecule has 0 saturated heterocycles. The van der Waals surface area contributed by atoms with Gasteiger partial charge in [-0.2, -0.15) is 23.5 Å². The number of nitrogens with zero attached hydrogens (tertiary/aromatic N) is 3. The van der Waals surface area contributed by atoms with E-state index in [4.69, 9.17) is 11.0 Å². The largest absolute Gasteiger partial charge is 0.416 e. The Hall–Kier alpha value is -3.09. The fourth-order valence-corrected chi connectivity index (χ4v) is 1.73. The van der Waals surface area contributed by atoms with E-state index >= 15 is 0 Å². The van der Waals surface area contributed by atoms with Crippen LogP contribution in [0.5, 0.6) is 0 Å². The predicted molar refractivity (Wildman–Crippen MR) is 64.8 cm³/mol. The molecule has 0 aliphatic carbocycles. The summed E-state index contributed by atoms with van der Waals surface area (Å²) in [5, 5.41) is 25.7. The topological polar surface area (TPSA) is 122 Å². The van der Waals surface area contributed by atoms with Crippen molar-refractivity contribution in [1.29, 1.82) is 5.26 Å². The van der Waals surface area contributed by atoms with Crippen molar-refractivity contribution in [3.05, 3.63) is 39.4 Å². The zero-order valence-electron chi connectivity index (χ0n) is 10.1. The molecule has 0 spiro atoms. The van der Waals surface area contributed by atoms with E-state index in [2.05, 4.69) is 10.2 Å². The maximum absolute atomic E-state index is 12.6. The number of aromatic amines is 1. The smallest absolute Gasteiger partial charge is 0.381 e. The van der Waals surface area contributed by atoms with Crippen LogP contribution in [0.2, 0.25) is 0 Å². The number of nitro benzene ring substituents is 1. The van der Waals surface area contributed by atoms with Gasteiger partial charge in [-0.3, -0.25) is 15.2 Å². The molecule has 7 nitrogen and oxygen atoms in total. The molecule has 2 rings (SSSR count). The number of halogens is 3. The second-order valence-electron chi connectivity index (χ2n) is 3.96. The number of H-pyrrole nitrogens is 1. The SMILES string of the molecule is N#Cc1c(N)n[nH]c1-c1ccc(C(F)(F)F)cc1[N+](=O)[O-]. The molecule has 21 heavy (non-hydrogen) atoms. The van der Waals surface area contributed by atoms with Crippen LogP contribution in [0.25, 0.3) is 11.3 Å². The maximum atomic E-state index is 12.6. The van der Waals surface area contributed by atoms with Gasteiger partial charge in [-0.05, 0) is 12.1 Å². The molecule has 0 saturated carbocycles. The van der Waals surface area contributed by atoms with Crippen LogP contribution in [0.15, 0.2) is 18.2 Å². The zero-order valence-corrected chi connectivity index (χ0v) is 10.1. The standard InChI is InChI=1S/C11H6F3N5O2/c12-11(13,14)5-1-2-6(8(3-5)19(20)21)9-7(4-15)10(16)18-17-9/h1-3H,(H3,16,17,18). The van der Waals surface area contributed by atoms with Gasteiger partial charge in [0, 0.05) is 6.07 Å². The molecule has 2 aromatic rings. The number of nitriles is 1. The number of anilines is 1. The molecule has 1 aromatic heterocycles. The van der Waals surface area contributed by atoms with Crippen LogP contribution in [-0.4, -0.2) is 15.1 Å². The fourth-order valence-electron chi connectivity index (χ4n) is 1.73. The first kappa shape index (κ1) is 14.3. The highest BCUT2D eigenvalue weighted by atomic mass is 19.4. The quantitative estimate of drug-likeness (QED) is 0.651. The lowest BCUT2D eigenvalue weighted by atomic mass is 10.0. The third-order valence-corrected chi connectivity index (χ3v) is 2.70. The summed E-state index contributed by atoms with van der Waals surface area (Å²) in [4.78, 5) is 10.0. The number of aromatic nitrogens is 2. The summed E-state index contributed by atoms with van der Waals surface area (Å²) in [7, 11) is 0. The number of alkyl halides is 3. The van der Waals surface area contributed by atoms with Crippen LogP contribution in [-0.2, 0) is 6.18 Å². The van der Waals surface area contributed by atoms with E-state index in [0.717, 1.165) is 6.07 Å². The summed E-state index contributed by atoms with van der Waals surface area (Å²) in [6.45, 7) is 0. The van der Waals surface area contributed by atoms with Crippen molar-refractivity contribution in [2.75, 3.05) is 5.73 Å². The average Bonchev–Trinajstić information content (AvgIpc) is 2.77. The molecule has 0 aliphatic heterocycles. The molecule has 0 radical (unpaired) electrons. The Balaban J connectivity index is 2.70. The van der Waals surface area contributed by atoms with Gasteiger partial charge >= 0.3 is 6.18 Å². The predicted octanol–water partition coefficient (Wildman–Crippen LogP) is 2.46. The Morgan fingerprint density at radius 3 is 2.62 bits per heavy atom. The molecule has 0 amide bonds. The number of nitrogens with two attached hydrogens (primary N) is 1. The highest BCUT2D eigenvalue weighted by Gasteiger charge is 2.33. The zero-order chi connectivity index (χ0) is 15.8. The van der Waals surface area contributed by atoms with E-state index in [0.29, 0.717) is 12.1 Å². The third kappa shape index (κ3) is 2.48. The molecule has 0 unspecified atom stereocenters. The van der Waals surface area contributed by atoms with E-state index in [9.17, 15) is 23.3 Å². The lowest BCUT2D eigenvalue weighted by Gasteiger charge is -2.08. The van der Waals surface area contributed by atoms with Gasteiger partial charge in [0.05, 0.1) is 21.7 Å². The molecule has 108 valence electrons. The van der Waals surface area contributed by atoms with Crippen molar-refractivity contribution >= 4 is 11.5 Å². The lowest BCUT2D eigenvalue weighted by molar-refractivity contribution is -0.384. The summed E-state index contributed by atoms with van der Waals surface area (Å²) in [5.41, 5.74) is 2.97. The molecule has 0 atom stereocenters. The van der Waals surface area contributed by atoms with Gasteiger partial charge in [-0.1, -0.05) is 0 Å². The minimum atomic E-state index is -4.71. The Kier molecular flexibility index (Phi) is 3.26. The van der Waals surface area contributed by atoms with Crippen molar-refractivity contribution in [3.8, 4) is 17.3 Å². The Labute approximate surface area is 114 Å². The second-order valence-corrected chi connectivity index (χ2v) is 3.96.